The van der Waals surface area contributed by atoms with Gasteiger partial charge in [-0.2, -0.15) is 13.2 Å². The number of hydrogen-bond acceptors (Lipinski definition) is 3. The Labute approximate surface area is 141 Å². The van der Waals surface area contributed by atoms with Crippen LogP contribution < -0.4 is 5.32 Å². The molecule has 25 heavy (non-hydrogen) atoms. The molecular formula is C17H16F3NO4. The average molecular weight is 355 g/mol. The summed E-state index contributed by atoms with van der Waals surface area (Å²) in [4.78, 5) is 22.6. The van der Waals surface area contributed by atoms with Crippen molar-refractivity contribution in [2.24, 2.45) is 0 Å². The Morgan fingerprint density at radius 3 is 2.60 bits per heavy atom. The lowest BCUT2D eigenvalue weighted by molar-refractivity contribution is -0.137. The van der Waals surface area contributed by atoms with Gasteiger partial charge < -0.3 is 14.8 Å². The Hall–Kier alpha value is -2.77. The van der Waals surface area contributed by atoms with E-state index in [2.05, 4.69) is 5.32 Å². The van der Waals surface area contributed by atoms with Crippen LogP contribution >= 0.6 is 0 Å². The zero-order valence-electron chi connectivity index (χ0n) is 13.3. The topological polar surface area (TPSA) is 79.5 Å². The molecule has 0 aliphatic heterocycles. The van der Waals surface area contributed by atoms with Crippen molar-refractivity contribution < 1.29 is 32.3 Å². The zero-order chi connectivity index (χ0) is 18.6. The molecule has 2 N–H and O–H groups in total. The molecule has 134 valence electrons. The Morgan fingerprint density at radius 2 is 2.00 bits per heavy atom. The second kappa shape index (κ2) is 7.42. The molecule has 0 spiro atoms. The van der Waals surface area contributed by atoms with E-state index in [0.717, 1.165) is 24.5 Å². The number of carbonyl (C=O) groups is 2. The first-order valence-corrected chi connectivity index (χ1v) is 7.45. The van der Waals surface area contributed by atoms with Gasteiger partial charge in [-0.25, -0.2) is 4.79 Å². The average Bonchev–Trinajstić information content (AvgIpc) is 3.04. The van der Waals surface area contributed by atoms with E-state index >= 15 is 0 Å². The SMILES string of the molecule is CC(CCNC(=O)c1cc(C(=O)O)co1)c1cccc(C(F)(F)F)c1. The first kappa shape index (κ1) is 18.6. The first-order valence-electron chi connectivity index (χ1n) is 7.45. The van der Waals surface area contributed by atoms with Crippen LogP contribution in [0.25, 0.3) is 0 Å². The number of furan rings is 1. The zero-order valence-corrected chi connectivity index (χ0v) is 13.3. The van der Waals surface area contributed by atoms with Crippen LogP contribution in [0.3, 0.4) is 0 Å². The summed E-state index contributed by atoms with van der Waals surface area (Å²) in [6.07, 6.45) is -3.02. The molecular weight excluding hydrogens is 339 g/mol. The van der Waals surface area contributed by atoms with E-state index in [1.54, 1.807) is 13.0 Å². The van der Waals surface area contributed by atoms with Crippen molar-refractivity contribution in [2.45, 2.75) is 25.4 Å². The molecule has 8 heteroatoms. The lowest BCUT2D eigenvalue weighted by atomic mass is 9.96. The van der Waals surface area contributed by atoms with Gasteiger partial charge in [0.25, 0.3) is 5.91 Å². The number of aromatic carboxylic acids is 1. The Morgan fingerprint density at radius 1 is 1.28 bits per heavy atom. The normalized spacial score (nSPS) is 12.6. The number of carboxylic acids is 1. The number of benzene rings is 1. The summed E-state index contributed by atoms with van der Waals surface area (Å²) in [6, 6.07) is 6.16. The fraction of sp³-hybridized carbons (Fsp3) is 0.294. The van der Waals surface area contributed by atoms with Gasteiger partial charge >= 0.3 is 12.1 Å². The molecule has 0 radical (unpaired) electrons. The van der Waals surface area contributed by atoms with E-state index in [4.69, 9.17) is 9.52 Å². The second-order valence-electron chi connectivity index (χ2n) is 5.57. The summed E-state index contributed by atoms with van der Waals surface area (Å²) < 4.78 is 43.0. The lowest BCUT2D eigenvalue weighted by Gasteiger charge is -2.14. The monoisotopic (exact) mass is 355 g/mol. The fourth-order valence-electron chi connectivity index (χ4n) is 2.24. The van der Waals surface area contributed by atoms with Gasteiger partial charge in [0.1, 0.15) is 6.26 Å². The van der Waals surface area contributed by atoms with Crippen molar-refractivity contribution in [3.63, 3.8) is 0 Å². The molecule has 1 amide bonds. The molecule has 0 saturated carbocycles. The van der Waals surface area contributed by atoms with Crippen molar-refractivity contribution in [3.05, 3.63) is 59.0 Å². The van der Waals surface area contributed by atoms with E-state index in [1.165, 1.54) is 6.07 Å². The molecule has 2 rings (SSSR count). The van der Waals surface area contributed by atoms with Gasteiger partial charge in [0.2, 0.25) is 0 Å². The van der Waals surface area contributed by atoms with Gasteiger partial charge in [0.05, 0.1) is 11.1 Å². The van der Waals surface area contributed by atoms with Gasteiger partial charge in [-0.05, 0) is 24.0 Å². The van der Waals surface area contributed by atoms with Crippen molar-refractivity contribution in [2.75, 3.05) is 6.54 Å². The van der Waals surface area contributed by atoms with Crippen LogP contribution in [-0.4, -0.2) is 23.5 Å². The molecule has 0 fully saturated rings. The Bertz CT molecular complexity index is 767. The van der Waals surface area contributed by atoms with E-state index in [9.17, 15) is 22.8 Å². The molecule has 0 saturated heterocycles. The molecule has 0 aliphatic rings. The number of alkyl halides is 3. The van der Waals surface area contributed by atoms with E-state index in [1.807, 2.05) is 0 Å². The first-order chi connectivity index (χ1) is 11.7. The van der Waals surface area contributed by atoms with Gasteiger partial charge in [-0.3, -0.25) is 4.79 Å². The smallest absolute Gasteiger partial charge is 0.416 e. The van der Waals surface area contributed by atoms with Crippen LogP contribution in [0.2, 0.25) is 0 Å². The number of carbonyl (C=O) groups excluding carboxylic acids is 1. The van der Waals surface area contributed by atoms with Crippen molar-refractivity contribution in [3.8, 4) is 0 Å². The number of rotatable bonds is 6. The predicted octanol–water partition coefficient (Wildman–Crippen LogP) is 3.92. The van der Waals surface area contributed by atoms with E-state index < -0.39 is 23.6 Å². The number of carboxylic acid groups (broad SMARTS) is 1. The van der Waals surface area contributed by atoms with Crippen molar-refractivity contribution >= 4 is 11.9 Å². The summed E-state index contributed by atoms with van der Waals surface area (Å²) in [5.74, 6) is -2.12. The molecule has 1 atom stereocenters. The summed E-state index contributed by atoms with van der Waals surface area (Å²) in [5, 5.41) is 11.3. The van der Waals surface area contributed by atoms with E-state index in [0.29, 0.717) is 12.0 Å². The Balaban J connectivity index is 1.90. The van der Waals surface area contributed by atoms with Gasteiger partial charge in [-0.15, -0.1) is 0 Å². The number of hydrogen-bond donors (Lipinski definition) is 2. The third-order valence-corrected chi connectivity index (χ3v) is 3.72. The van der Waals surface area contributed by atoms with Crippen molar-refractivity contribution in [1.29, 1.82) is 0 Å². The standard InChI is InChI=1S/C17H16F3NO4/c1-10(11-3-2-4-13(7-11)17(18,19)20)5-6-21-15(22)14-8-12(9-25-14)16(23)24/h2-4,7-10H,5-6H2,1H3,(H,21,22)(H,23,24). The fourth-order valence-corrected chi connectivity index (χ4v) is 2.24. The minimum atomic E-state index is -4.40. The van der Waals surface area contributed by atoms with Gasteiger partial charge in [0.15, 0.2) is 5.76 Å². The van der Waals surface area contributed by atoms with Gasteiger partial charge in [0, 0.05) is 12.6 Å². The summed E-state index contributed by atoms with van der Waals surface area (Å²) in [6.45, 7) is 1.97. The molecule has 1 aromatic carbocycles. The number of amides is 1. The predicted molar refractivity (Wildman–Crippen MR) is 82.5 cm³/mol. The third kappa shape index (κ3) is 4.85. The highest BCUT2D eigenvalue weighted by molar-refractivity contribution is 5.95. The minimum Gasteiger partial charge on any atom is -0.478 e. The maximum atomic E-state index is 12.7. The highest BCUT2D eigenvalue weighted by Crippen LogP contribution is 2.31. The summed E-state index contributed by atoms with van der Waals surface area (Å²) in [7, 11) is 0. The van der Waals surface area contributed by atoms with Crippen LogP contribution in [-0.2, 0) is 6.18 Å². The van der Waals surface area contributed by atoms with Crippen molar-refractivity contribution in [1.82, 2.24) is 5.32 Å². The highest BCUT2D eigenvalue weighted by atomic mass is 19.4. The molecule has 1 aromatic heterocycles. The van der Waals surface area contributed by atoms with Crippen LogP contribution in [0.5, 0.6) is 0 Å². The molecule has 1 heterocycles. The minimum absolute atomic E-state index is 0.135. The molecule has 5 nitrogen and oxygen atoms in total. The maximum Gasteiger partial charge on any atom is 0.416 e. The Kier molecular flexibility index (Phi) is 5.51. The number of halogens is 3. The maximum absolute atomic E-state index is 12.7. The second-order valence-corrected chi connectivity index (χ2v) is 5.57. The van der Waals surface area contributed by atoms with Crippen LogP contribution in [0.15, 0.2) is 41.0 Å². The molecule has 1 unspecified atom stereocenters. The van der Waals surface area contributed by atoms with E-state index in [-0.39, 0.29) is 23.8 Å². The molecule has 0 bridgehead atoms. The highest BCUT2D eigenvalue weighted by Gasteiger charge is 2.30. The lowest BCUT2D eigenvalue weighted by Crippen LogP contribution is -2.25. The van der Waals surface area contributed by atoms with Crippen LogP contribution in [0.1, 0.15) is 51.3 Å². The molecule has 2 aromatic rings. The largest absolute Gasteiger partial charge is 0.478 e. The van der Waals surface area contributed by atoms with Gasteiger partial charge in [-0.1, -0.05) is 25.1 Å². The van der Waals surface area contributed by atoms with Crippen LogP contribution in [0.4, 0.5) is 13.2 Å². The molecule has 0 aliphatic carbocycles. The summed E-state index contributed by atoms with van der Waals surface area (Å²) >= 11 is 0. The third-order valence-electron chi connectivity index (χ3n) is 3.72. The quantitative estimate of drug-likeness (QED) is 0.823. The number of nitrogens with one attached hydrogen (secondary N) is 1. The summed E-state index contributed by atoms with van der Waals surface area (Å²) in [5.41, 5.74) is -0.324. The van der Waals surface area contributed by atoms with Crippen LogP contribution in [0, 0.1) is 0 Å².